The van der Waals surface area contributed by atoms with E-state index in [0.29, 0.717) is 5.69 Å². The number of pyridine rings is 1. The molecule has 0 aliphatic heterocycles. The molecular weight excluding hydrogens is 178 g/mol. The summed E-state index contributed by atoms with van der Waals surface area (Å²) in [6, 6.07) is 5.40. The van der Waals surface area contributed by atoms with Crippen molar-refractivity contribution in [1.82, 2.24) is 14.8 Å². The van der Waals surface area contributed by atoms with Crippen LogP contribution in [0.5, 0.6) is 0 Å². The standard InChI is InChI=1S/C10H9N3O/c1-8-5-10(7-14)13(12-8)9-3-2-4-11-6-9/h2-7H,1H3. The lowest BCUT2D eigenvalue weighted by Gasteiger charge is -2.00. The third-order valence-electron chi connectivity index (χ3n) is 1.87. The van der Waals surface area contributed by atoms with Crippen molar-refractivity contribution in [3.63, 3.8) is 0 Å². The minimum Gasteiger partial charge on any atom is -0.296 e. The van der Waals surface area contributed by atoms with Crippen molar-refractivity contribution in [1.29, 1.82) is 0 Å². The Morgan fingerprint density at radius 1 is 1.50 bits per heavy atom. The van der Waals surface area contributed by atoms with Crippen LogP contribution in [0, 0.1) is 6.92 Å². The maximum absolute atomic E-state index is 10.7. The molecule has 0 saturated heterocycles. The van der Waals surface area contributed by atoms with Gasteiger partial charge in [-0.15, -0.1) is 0 Å². The Morgan fingerprint density at radius 3 is 3.00 bits per heavy atom. The Balaban J connectivity index is 2.56. The highest BCUT2D eigenvalue weighted by Crippen LogP contribution is 2.09. The third kappa shape index (κ3) is 1.42. The molecular formula is C10H9N3O. The first-order chi connectivity index (χ1) is 6.81. The van der Waals surface area contributed by atoms with Crippen molar-refractivity contribution in [2.24, 2.45) is 0 Å². The number of carbonyl (C=O) groups is 1. The van der Waals surface area contributed by atoms with Crippen molar-refractivity contribution >= 4 is 6.29 Å². The van der Waals surface area contributed by atoms with Gasteiger partial charge in [-0.25, -0.2) is 4.68 Å². The first-order valence-corrected chi connectivity index (χ1v) is 4.23. The zero-order valence-corrected chi connectivity index (χ0v) is 7.71. The summed E-state index contributed by atoms with van der Waals surface area (Å²) in [4.78, 5) is 14.7. The summed E-state index contributed by atoms with van der Waals surface area (Å²) in [6.07, 6.45) is 4.13. The lowest BCUT2D eigenvalue weighted by atomic mass is 10.4. The van der Waals surface area contributed by atoms with Crippen molar-refractivity contribution in [3.05, 3.63) is 42.0 Å². The lowest BCUT2D eigenvalue weighted by molar-refractivity contribution is 0.111. The molecule has 70 valence electrons. The van der Waals surface area contributed by atoms with Gasteiger partial charge in [-0.1, -0.05) is 0 Å². The quantitative estimate of drug-likeness (QED) is 0.667. The molecule has 0 spiro atoms. The molecule has 0 N–H and O–H groups in total. The summed E-state index contributed by atoms with van der Waals surface area (Å²) >= 11 is 0. The first kappa shape index (κ1) is 8.62. The highest BCUT2D eigenvalue weighted by molar-refractivity contribution is 5.73. The van der Waals surface area contributed by atoms with Crippen LogP contribution in [0.3, 0.4) is 0 Å². The number of aromatic nitrogens is 3. The van der Waals surface area contributed by atoms with E-state index in [0.717, 1.165) is 17.7 Å². The zero-order valence-electron chi connectivity index (χ0n) is 7.71. The van der Waals surface area contributed by atoms with E-state index in [2.05, 4.69) is 10.1 Å². The summed E-state index contributed by atoms with van der Waals surface area (Å²) in [5.74, 6) is 0. The Morgan fingerprint density at radius 2 is 2.36 bits per heavy atom. The predicted octanol–water partition coefficient (Wildman–Crippen LogP) is 1.39. The molecule has 0 aliphatic carbocycles. The van der Waals surface area contributed by atoms with Gasteiger partial charge in [-0.2, -0.15) is 5.10 Å². The minimum atomic E-state index is 0.538. The molecule has 2 aromatic rings. The van der Waals surface area contributed by atoms with Crippen LogP contribution in [-0.4, -0.2) is 21.1 Å². The number of nitrogens with zero attached hydrogens (tertiary/aromatic N) is 3. The predicted molar refractivity (Wildman–Crippen MR) is 51.5 cm³/mol. The maximum Gasteiger partial charge on any atom is 0.168 e. The number of hydrogen-bond donors (Lipinski definition) is 0. The zero-order chi connectivity index (χ0) is 9.97. The first-order valence-electron chi connectivity index (χ1n) is 4.23. The Hall–Kier alpha value is -1.97. The summed E-state index contributed by atoms with van der Waals surface area (Å²) in [5, 5.41) is 4.20. The Labute approximate surface area is 81.2 Å². The second kappa shape index (κ2) is 3.41. The third-order valence-corrected chi connectivity index (χ3v) is 1.87. The van der Waals surface area contributed by atoms with E-state index >= 15 is 0 Å². The Bertz CT molecular complexity index is 448. The van der Waals surface area contributed by atoms with Crippen molar-refractivity contribution < 1.29 is 4.79 Å². The van der Waals surface area contributed by atoms with Crippen molar-refractivity contribution in [3.8, 4) is 5.69 Å². The molecule has 0 aromatic carbocycles. The molecule has 2 heterocycles. The van der Waals surface area contributed by atoms with Crippen LogP contribution >= 0.6 is 0 Å². The van der Waals surface area contributed by atoms with E-state index in [-0.39, 0.29) is 0 Å². The molecule has 2 rings (SSSR count). The summed E-state index contributed by atoms with van der Waals surface area (Å²) in [6.45, 7) is 1.85. The monoisotopic (exact) mass is 187 g/mol. The fourth-order valence-electron chi connectivity index (χ4n) is 1.29. The van der Waals surface area contributed by atoms with Gasteiger partial charge in [0, 0.05) is 6.20 Å². The van der Waals surface area contributed by atoms with Crippen molar-refractivity contribution in [2.45, 2.75) is 6.92 Å². The number of rotatable bonds is 2. The van der Waals surface area contributed by atoms with Gasteiger partial charge in [-0.3, -0.25) is 9.78 Å². The number of aldehydes is 1. The van der Waals surface area contributed by atoms with E-state index in [1.807, 2.05) is 13.0 Å². The Kier molecular flexibility index (Phi) is 2.10. The van der Waals surface area contributed by atoms with Gasteiger partial charge in [0.05, 0.1) is 17.6 Å². The van der Waals surface area contributed by atoms with E-state index < -0.39 is 0 Å². The van der Waals surface area contributed by atoms with Gasteiger partial charge in [0.15, 0.2) is 6.29 Å². The molecule has 0 amide bonds. The van der Waals surface area contributed by atoms with E-state index in [4.69, 9.17) is 0 Å². The van der Waals surface area contributed by atoms with E-state index in [1.165, 1.54) is 0 Å². The number of aryl methyl sites for hydroxylation is 1. The average molecular weight is 187 g/mol. The van der Waals surface area contributed by atoms with Crippen LogP contribution in [-0.2, 0) is 0 Å². The van der Waals surface area contributed by atoms with Crippen LogP contribution < -0.4 is 0 Å². The maximum atomic E-state index is 10.7. The molecule has 0 saturated carbocycles. The van der Waals surface area contributed by atoms with Gasteiger partial charge in [0.2, 0.25) is 0 Å². The smallest absolute Gasteiger partial charge is 0.168 e. The van der Waals surface area contributed by atoms with Gasteiger partial charge in [-0.05, 0) is 25.1 Å². The van der Waals surface area contributed by atoms with Crippen LogP contribution in [0.1, 0.15) is 16.2 Å². The molecule has 4 nitrogen and oxygen atoms in total. The molecule has 0 aliphatic rings. The molecule has 14 heavy (non-hydrogen) atoms. The fourth-order valence-corrected chi connectivity index (χ4v) is 1.29. The van der Waals surface area contributed by atoms with Gasteiger partial charge >= 0.3 is 0 Å². The largest absolute Gasteiger partial charge is 0.296 e. The number of hydrogen-bond acceptors (Lipinski definition) is 3. The van der Waals surface area contributed by atoms with Crippen LogP contribution in [0.25, 0.3) is 5.69 Å². The normalized spacial score (nSPS) is 10.1. The fraction of sp³-hybridized carbons (Fsp3) is 0.100. The molecule has 0 unspecified atom stereocenters. The second-order valence-corrected chi connectivity index (χ2v) is 2.95. The van der Waals surface area contributed by atoms with E-state index in [9.17, 15) is 4.79 Å². The summed E-state index contributed by atoms with van der Waals surface area (Å²) in [5.41, 5.74) is 2.15. The van der Waals surface area contributed by atoms with Crippen molar-refractivity contribution in [2.75, 3.05) is 0 Å². The highest BCUT2D eigenvalue weighted by atomic mass is 16.1. The minimum absolute atomic E-state index is 0.538. The molecule has 0 bridgehead atoms. The highest BCUT2D eigenvalue weighted by Gasteiger charge is 2.05. The molecule has 0 radical (unpaired) electrons. The lowest BCUT2D eigenvalue weighted by Crippen LogP contribution is -2.01. The van der Waals surface area contributed by atoms with Crippen LogP contribution in [0.4, 0.5) is 0 Å². The summed E-state index contributed by atoms with van der Waals surface area (Å²) in [7, 11) is 0. The van der Waals surface area contributed by atoms with Crippen LogP contribution in [0.2, 0.25) is 0 Å². The molecule has 0 fully saturated rings. The van der Waals surface area contributed by atoms with Gasteiger partial charge < -0.3 is 0 Å². The van der Waals surface area contributed by atoms with Gasteiger partial charge in [0.25, 0.3) is 0 Å². The second-order valence-electron chi connectivity index (χ2n) is 2.95. The SMILES string of the molecule is Cc1cc(C=O)n(-c2cccnc2)n1. The van der Waals surface area contributed by atoms with Gasteiger partial charge in [0.1, 0.15) is 5.69 Å². The summed E-state index contributed by atoms with van der Waals surface area (Å²) < 4.78 is 1.58. The van der Waals surface area contributed by atoms with Crippen LogP contribution in [0.15, 0.2) is 30.6 Å². The number of carbonyl (C=O) groups excluding carboxylic acids is 1. The topological polar surface area (TPSA) is 47.8 Å². The molecule has 2 aromatic heterocycles. The molecule has 4 heteroatoms. The molecule has 0 atom stereocenters. The average Bonchev–Trinajstić information content (AvgIpc) is 2.61. The van der Waals surface area contributed by atoms with E-state index in [1.54, 1.807) is 29.2 Å².